The van der Waals surface area contributed by atoms with Crippen molar-refractivity contribution in [1.29, 1.82) is 0 Å². The van der Waals surface area contributed by atoms with Crippen LogP contribution in [-0.4, -0.2) is 23.1 Å². The Hall–Kier alpha value is -2.94. The summed E-state index contributed by atoms with van der Waals surface area (Å²) >= 11 is 0. The molecule has 3 aromatic carbocycles. The van der Waals surface area contributed by atoms with Gasteiger partial charge < -0.3 is 5.11 Å². The summed E-state index contributed by atoms with van der Waals surface area (Å²) in [5.74, 6) is 0. The van der Waals surface area contributed by atoms with Crippen molar-refractivity contribution in [3.63, 3.8) is 0 Å². The first-order valence-electron chi connectivity index (χ1n) is 10.2. The number of rotatable bonds is 9. The summed E-state index contributed by atoms with van der Waals surface area (Å²) in [7, 11) is 0. The molecule has 3 rings (SSSR count). The molecule has 1 atom stereocenters. The zero-order valence-electron chi connectivity index (χ0n) is 17.0. The first-order chi connectivity index (χ1) is 14.2. The maximum atomic E-state index is 11.6. The van der Waals surface area contributed by atoms with Gasteiger partial charge in [-0.2, -0.15) is 0 Å². The molecule has 0 fully saturated rings. The zero-order chi connectivity index (χ0) is 20.4. The molecule has 0 saturated heterocycles. The Kier molecular flexibility index (Phi) is 7.57. The van der Waals surface area contributed by atoms with Gasteiger partial charge in [-0.3, -0.25) is 4.90 Å². The predicted octanol–water partition coefficient (Wildman–Crippen LogP) is 5.97. The van der Waals surface area contributed by atoms with Crippen LogP contribution in [0, 0.1) is 0 Å². The lowest BCUT2D eigenvalue weighted by Gasteiger charge is -2.38. The van der Waals surface area contributed by atoms with Gasteiger partial charge in [-0.05, 0) is 23.1 Å². The highest BCUT2D eigenvalue weighted by molar-refractivity contribution is 5.50. The van der Waals surface area contributed by atoms with E-state index in [1.807, 2.05) is 73.7 Å². The van der Waals surface area contributed by atoms with Crippen molar-refractivity contribution in [3.05, 3.63) is 120 Å². The van der Waals surface area contributed by atoms with Crippen LogP contribution in [0.4, 0.5) is 0 Å². The fourth-order valence-electron chi connectivity index (χ4n) is 3.45. The van der Waals surface area contributed by atoms with Gasteiger partial charge in [-0.1, -0.05) is 122 Å². The Morgan fingerprint density at radius 3 is 1.52 bits per heavy atom. The van der Waals surface area contributed by atoms with E-state index < -0.39 is 5.72 Å². The van der Waals surface area contributed by atoms with E-state index in [1.54, 1.807) is 0 Å². The highest BCUT2D eigenvalue weighted by Gasteiger charge is 2.33. The van der Waals surface area contributed by atoms with Crippen LogP contribution >= 0.6 is 0 Å². The van der Waals surface area contributed by atoms with E-state index in [2.05, 4.69) is 53.5 Å². The van der Waals surface area contributed by atoms with Crippen molar-refractivity contribution >= 4 is 12.2 Å². The average molecular weight is 384 g/mol. The summed E-state index contributed by atoms with van der Waals surface area (Å²) in [4.78, 5) is 2.11. The predicted molar refractivity (Wildman–Crippen MR) is 123 cm³/mol. The Morgan fingerprint density at radius 2 is 1.10 bits per heavy atom. The molecule has 0 radical (unpaired) electrons. The van der Waals surface area contributed by atoms with Crippen molar-refractivity contribution in [2.45, 2.75) is 19.1 Å². The van der Waals surface area contributed by atoms with Crippen LogP contribution in [0.1, 0.15) is 30.0 Å². The van der Waals surface area contributed by atoms with E-state index in [0.717, 1.165) is 16.7 Å². The van der Waals surface area contributed by atoms with E-state index in [0.29, 0.717) is 19.5 Å². The van der Waals surface area contributed by atoms with Crippen molar-refractivity contribution in [1.82, 2.24) is 4.90 Å². The maximum Gasteiger partial charge on any atom is 0.144 e. The minimum absolute atomic E-state index is 0.607. The van der Waals surface area contributed by atoms with Gasteiger partial charge in [0.25, 0.3) is 0 Å². The molecule has 2 nitrogen and oxygen atoms in total. The van der Waals surface area contributed by atoms with Gasteiger partial charge in [0.1, 0.15) is 5.72 Å². The number of benzene rings is 3. The van der Waals surface area contributed by atoms with E-state index in [1.165, 1.54) is 0 Å². The van der Waals surface area contributed by atoms with Crippen LogP contribution in [-0.2, 0) is 5.72 Å². The summed E-state index contributed by atoms with van der Waals surface area (Å²) in [6, 6.07) is 30.4. The van der Waals surface area contributed by atoms with E-state index in [9.17, 15) is 5.11 Å². The third kappa shape index (κ3) is 5.77. The minimum atomic E-state index is -1.02. The molecule has 1 N–H and O–H groups in total. The van der Waals surface area contributed by atoms with Gasteiger partial charge in [0, 0.05) is 13.1 Å². The lowest BCUT2D eigenvalue weighted by molar-refractivity contribution is -0.108. The van der Waals surface area contributed by atoms with Gasteiger partial charge >= 0.3 is 0 Å². The fourth-order valence-corrected chi connectivity index (χ4v) is 3.45. The Labute approximate surface area is 174 Å². The molecule has 0 heterocycles. The van der Waals surface area contributed by atoms with Crippen LogP contribution in [0.2, 0.25) is 0 Å². The monoisotopic (exact) mass is 383 g/mol. The molecule has 2 heteroatoms. The van der Waals surface area contributed by atoms with Gasteiger partial charge in [-0.15, -0.1) is 0 Å². The van der Waals surface area contributed by atoms with Gasteiger partial charge in [0.15, 0.2) is 0 Å². The summed E-state index contributed by atoms with van der Waals surface area (Å²) in [5.41, 5.74) is 2.21. The lowest BCUT2D eigenvalue weighted by atomic mass is 9.97. The average Bonchev–Trinajstić information content (AvgIpc) is 2.79. The molecule has 0 saturated carbocycles. The summed E-state index contributed by atoms with van der Waals surface area (Å²) in [6.45, 7) is 3.32. The molecular weight excluding hydrogens is 354 g/mol. The summed E-state index contributed by atoms with van der Waals surface area (Å²) in [5, 5.41) is 11.6. The maximum absolute atomic E-state index is 11.6. The highest BCUT2D eigenvalue weighted by atomic mass is 16.3. The second-order valence-corrected chi connectivity index (χ2v) is 7.07. The van der Waals surface area contributed by atoms with Crippen LogP contribution in [0.15, 0.2) is 103 Å². The van der Waals surface area contributed by atoms with Crippen molar-refractivity contribution in [2.24, 2.45) is 0 Å². The molecule has 0 spiro atoms. The smallest absolute Gasteiger partial charge is 0.144 e. The first-order valence-corrected chi connectivity index (χ1v) is 10.2. The number of aliphatic hydroxyl groups is 1. The minimum Gasteiger partial charge on any atom is -0.371 e. The fraction of sp³-hybridized carbons (Fsp3) is 0.185. The molecule has 1 unspecified atom stereocenters. The van der Waals surface area contributed by atoms with Crippen LogP contribution in [0.3, 0.4) is 0 Å². The number of nitrogens with zero attached hydrogens (tertiary/aromatic N) is 1. The van der Waals surface area contributed by atoms with Crippen molar-refractivity contribution in [3.8, 4) is 0 Å². The molecule has 0 amide bonds. The lowest BCUT2D eigenvalue weighted by Crippen LogP contribution is -2.46. The topological polar surface area (TPSA) is 23.5 Å². The molecule has 0 bridgehead atoms. The second-order valence-electron chi connectivity index (χ2n) is 7.07. The van der Waals surface area contributed by atoms with Crippen molar-refractivity contribution in [2.75, 3.05) is 13.1 Å². The van der Waals surface area contributed by atoms with E-state index >= 15 is 0 Å². The number of hydrogen-bond donors (Lipinski definition) is 1. The third-order valence-electron chi connectivity index (χ3n) is 5.12. The Morgan fingerprint density at radius 1 is 0.690 bits per heavy atom. The third-order valence-corrected chi connectivity index (χ3v) is 5.12. The Balaban J connectivity index is 1.81. The van der Waals surface area contributed by atoms with Gasteiger partial charge in [-0.25, -0.2) is 0 Å². The molecule has 0 aromatic heterocycles. The molecule has 148 valence electrons. The zero-order valence-corrected chi connectivity index (χ0v) is 17.0. The van der Waals surface area contributed by atoms with E-state index in [-0.39, 0.29) is 0 Å². The molecule has 3 aromatic rings. The normalized spacial score (nSPS) is 13.9. The van der Waals surface area contributed by atoms with Gasteiger partial charge in [0.2, 0.25) is 0 Å². The SMILES string of the molecule is CCC(O)(c1ccccc1)N(CC=Cc1ccccc1)CC=Cc1ccccc1. The summed E-state index contributed by atoms with van der Waals surface area (Å²) < 4.78 is 0. The molecule has 0 aliphatic heterocycles. The second kappa shape index (κ2) is 10.6. The quantitative estimate of drug-likeness (QED) is 0.460. The van der Waals surface area contributed by atoms with Gasteiger partial charge in [0.05, 0.1) is 0 Å². The molecule has 29 heavy (non-hydrogen) atoms. The van der Waals surface area contributed by atoms with Crippen LogP contribution in [0.5, 0.6) is 0 Å². The largest absolute Gasteiger partial charge is 0.371 e. The molecule has 0 aliphatic carbocycles. The summed E-state index contributed by atoms with van der Waals surface area (Å²) in [6.07, 6.45) is 9.06. The van der Waals surface area contributed by atoms with Crippen LogP contribution < -0.4 is 0 Å². The highest BCUT2D eigenvalue weighted by Crippen LogP contribution is 2.29. The molecular formula is C27H29NO. The van der Waals surface area contributed by atoms with E-state index in [4.69, 9.17) is 0 Å². The Bertz CT molecular complexity index is 852. The standard InChI is InChI=1S/C27H29NO/c1-2-27(29,26-20-10-5-11-21-26)28(22-12-18-24-14-6-3-7-15-24)23-13-19-25-16-8-4-9-17-25/h3-21,29H,2,22-23H2,1H3. The van der Waals surface area contributed by atoms with Crippen molar-refractivity contribution < 1.29 is 5.11 Å². The number of hydrogen-bond acceptors (Lipinski definition) is 2. The van der Waals surface area contributed by atoms with Crippen LogP contribution in [0.25, 0.3) is 12.2 Å². The first kappa shape index (κ1) is 20.8. The molecule has 0 aliphatic rings.